The van der Waals surface area contributed by atoms with Gasteiger partial charge >= 0.3 is 0 Å². The van der Waals surface area contributed by atoms with E-state index in [1.54, 1.807) is 0 Å². The third-order valence-corrected chi connectivity index (χ3v) is 1.94. The molecule has 0 aliphatic carbocycles. The quantitative estimate of drug-likeness (QED) is 0.717. The molecule has 0 radical (unpaired) electrons. The van der Waals surface area contributed by atoms with Gasteiger partial charge in [0.05, 0.1) is 11.6 Å². The minimum Gasteiger partial charge on any atom is -0.506 e. The predicted octanol–water partition coefficient (Wildman–Crippen LogP) is 2.19. The molecule has 0 fully saturated rings. The Hall–Kier alpha value is -0.440. The van der Waals surface area contributed by atoms with Crippen molar-refractivity contribution in [3.63, 3.8) is 0 Å². The van der Waals surface area contributed by atoms with E-state index >= 15 is 0 Å². The zero-order valence-electron chi connectivity index (χ0n) is 5.51. The lowest BCUT2D eigenvalue weighted by Gasteiger charge is -2.02. The van der Waals surface area contributed by atoms with E-state index in [1.165, 1.54) is 12.1 Å². The van der Waals surface area contributed by atoms with Crippen molar-refractivity contribution in [2.75, 3.05) is 0 Å². The Morgan fingerprint density at radius 1 is 1.18 bits per heavy atom. The summed E-state index contributed by atoms with van der Waals surface area (Å²) in [5.74, 6) is -0.0693. The summed E-state index contributed by atoms with van der Waals surface area (Å²) in [5.41, 5.74) is 0.466. The van der Waals surface area contributed by atoms with Gasteiger partial charge in [0.25, 0.3) is 0 Å². The van der Waals surface area contributed by atoms with Gasteiger partial charge in [-0.3, -0.25) is 0 Å². The number of phenols is 1. The van der Waals surface area contributed by atoms with E-state index in [4.69, 9.17) is 33.4 Å². The van der Waals surface area contributed by atoms with Gasteiger partial charge in [-0.1, -0.05) is 23.2 Å². The largest absolute Gasteiger partial charge is 0.506 e. The summed E-state index contributed by atoms with van der Waals surface area (Å²) in [6.45, 7) is -0.205. The minimum atomic E-state index is -0.205. The maximum Gasteiger partial charge on any atom is 0.134 e. The smallest absolute Gasteiger partial charge is 0.134 e. The summed E-state index contributed by atoms with van der Waals surface area (Å²) in [6, 6.07) is 2.73. The lowest BCUT2D eigenvalue weighted by molar-refractivity contribution is 0.281. The predicted molar refractivity (Wildman–Crippen MR) is 44.0 cm³/mol. The molecule has 0 saturated heterocycles. The highest BCUT2D eigenvalue weighted by Gasteiger charge is 2.04. The molecule has 0 saturated carbocycles. The first-order valence-electron chi connectivity index (χ1n) is 2.93. The van der Waals surface area contributed by atoms with Gasteiger partial charge < -0.3 is 10.2 Å². The van der Waals surface area contributed by atoms with Crippen molar-refractivity contribution in [1.29, 1.82) is 0 Å². The second-order valence-corrected chi connectivity index (χ2v) is 2.87. The van der Waals surface area contributed by atoms with Gasteiger partial charge in [0, 0.05) is 5.02 Å². The van der Waals surface area contributed by atoms with E-state index in [0.29, 0.717) is 10.6 Å². The number of rotatable bonds is 1. The number of aromatic hydroxyl groups is 1. The number of halogens is 2. The number of hydrogen-bond donors (Lipinski definition) is 2. The van der Waals surface area contributed by atoms with Gasteiger partial charge in [0.1, 0.15) is 5.75 Å². The molecule has 2 nitrogen and oxygen atoms in total. The fourth-order valence-corrected chi connectivity index (χ4v) is 1.14. The average Bonchev–Trinajstić information content (AvgIpc) is 1.97. The van der Waals surface area contributed by atoms with E-state index in [9.17, 15) is 0 Å². The Kier molecular flexibility index (Phi) is 2.60. The Morgan fingerprint density at radius 2 is 1.82 bits per heavy atom. The normalized spacial score (nSPS) is 10.1. The maximum atomic E-state index is 9.05. The van der Waals surface area contributed by atoms with Crippen molar-refractivity contribution in [1.82, 2.24) is 0 Å². The van der Waals surface area contributed by atoms with Crippen LogP contribution in [-0.4, -0.2) is 10.2 Å². The standard InChI is InChI=1S/C7H6Cl2O2/c8-5-2-6(9)7(11)1-4(5)3-10/h1-2,10-11H,3H2. The molecule has 11 heavy (non-hydrogen) atoms. The van der Waals surface area contributed by atoms with Crippen LogP contribution in [0.2, 0.25) is 10.0 Å². The van der Waals surface area contributed by atoms with E-state index in [2.05, 4.69) is 0 Å². The molecular weight excluding hydrogens is 187 g/mol. The Balaban J connectivity index is 3.21. The van der Waals surface area contributed by atoms with Crippen molar-refractivity contribution >= 4 is 23.2 Å². The van der Waals surface area contributed by atoms with Crippen molar-refractivity contribution in [2.24, 2.45) is 0 Å². The van der Waals surface area contributed by atoms with Gasteiger partial charge in [-0.2, -0.15) is 0 Å². The fraction of sp³-hybridized carbons (Fsp3) is 0.143. The molecule has 0 spiro atoms. The highest BCUT2D eigenvalue weighted by molar-refractivity contribution is 6.35. The molecule has 60 valence electrons. The highest BCUT2D eigenvalue weighted by Crippen LogP contribution is 2.29. The number of aliphatic hydroxyl groups excluding tert-OH is 1. The van der Waals surface area contributed by atoms with Crippen LogP contribution in [0.3, 0.4) is 0 Å². The first-order valence-corrected chi connectivity index (χ1v) is 3.68. The van der Waals surface area contributed by atoms with Crippen LogP contribution in [0.25, 0.3) is 0 Å². The van der Waals surface area contributed by atoms with E-state index in [0.717, 1.165) is 0 Å². The summed E-state index contributed by atoms with van der Waals surface area (Å²) in [4.78, 5) is 0. The minimum absolute atomic E-state index is 0.0693. The van der Waals surface area contributed by atoms with E-state index in [-0.39, 0.29) is 17.4 Å². The maximum absolute atomic E-state index is 9.05. The van der Waals surface area contributed by atoms with Crippen molar-refractivity contribution in [3.8, 4) is 5.75 Å². The molecular formula is C7H6Cl2O2. The molecule has 0 unspecified atom stereocenters. The van der Waals surface area contributed by atoms with Crippen molar-refractivity contribution < 1.29 is 10.2 Å². The zero-order valence-corrected chi connectivity index (χ0v) is 7.02. The molecule has 0 aliphatic heterocycles. The molecule has 1 aromatic carbocycles. The summed E-state index contributed by atoms with van der Waals surface area (Å²) >= 11 is 11.2. The zero-order chi connectivity index (χ0) is 8.43. The Morgan fingerprint density at radius 3 is 2.36 bits per heavy atom. The Labute approximate surface area is 74.0 Å². The van der Waals surface area contributed by atoms with E-state index < -0.39 is 0 Å². The molecule has 4 heteroatoms. The monoisotopic (exact) mass is 192 g/mol. The van der Waals surface area contributed by atoms with Gasteiger partial charge in [-0.25, -0.2) is 0 Å². The molecule has 1 rings (SSSR count). The molecule has 0 bridgehead atoms. The third-order valence-electron chi connectivity index (χ3n) is 1.29. The van der Waals surface area contributed by atoms with Gasteiger partial charge in [-0.15, -0.1) is 0 Å². The number of aliphatic hydroxyl groups is 1. The molecule has 2 N–H and O–H groups in total. The van der Waals surface area contributed by atoms with Crippen LogP contribution in [0, 0.1) is 0 Å². The lowest BCUT2D eigenvalue weighted by Crippen LogP contribution is -1.84. The molecule has 1 aromatic rings. The summed E-state index contributed by atoms with van der Waals surface area (Å²) in [7, 11) is 0. The summed E-state index contributed by atoms with van der Waals surface area (Å²) in [5, 5.41) is 18.3. The first-order chi connectivity index (χ1) is 5.15. The van der Waals surface area contributed by atoms with Crippen molar-refractivity contribution in [2.45, 2.75) is 6.61 Å². The Bertz CT molecular complexity index is 273. The SMILES string of the molecule is OCc1cc(O)c(Cl)cc1Cl. The van der Waals surface area contributed by atoms with Crippen LogP contribution in [0.4, 0.5) is 0 Å². The molecule has 0 heterocycles. The number of phenolic OH excluding ortho intramolecular Hbond substituents is 1. The molecule has 0 aromatic heterocycles. The van der Waals surface area contributed by atoms with Crippen LogP contribution >= 0.6 is 23.2 Å². The van der Waals surface area contributed by atoms with Gasteiger partial charge in [-0.05, 0) is 17.7 Å². The molecule has 0 atom stereocenters. The second kappa shape index (κ2) is 3.30. The summed E-state index contributed by atoms with van der Waals surface area (Å²) < 4.78 is 0. The average molecular weight is 193 g/mol. The van der Waals surface area contributed by atoms with Crippen LogP contribution in [0.5, 0.6) is 5.75 Å². The van der Waals surface area contributed by atoms with Crippen molar-refractivity contribution in [3.05, 3.63) is 27.7 Å². The number of benzene rings is 1. The third kappa shape index (κ3) is 1.77. The first kappa shape index (κ1) is 8.65. The van der Waals surface area contributed by atoms with Crippen LogP contribution in [0.15, 0.2) is 12.1 Å². The lowest BCUT2D eigenvalue weighted by atomic mass is 10.2. The summed E-state index contributed by atoms with van der Waals surface area (Å²) in [6.07, 6.45) is 0. The van der Waals surface area contributed by atoms with Crippen LogP contribution < -0.4 is 0 Å². The van der Waals surface area contributed by atoms with Crippen LogP contribution in [0.1, 0.15) is 5.56 Å². The van der Waals surface area contributed by atoms with E-state index in [1.807, 2.05) is 0 Å². The van der Waals surface area contributed by atoms with Crippen LogP contribution in [-0.2, 0) is 6.61 Å². The molecule has 0 amide bonds. The second-order valence-electron chi connectivity index (χ2n) is 2.05. The highest BCUT2D eigenvalue weighted by atomic mass is 35.5. The fourth-order valence-electron chi connectivity index (χ4n) is 0.702. The molecule has 0 aliphatic rings. The number of hydrogen-bond acceptors (Lipinski definition) is 2. The van der Waals surface area contributed by atoms with Gasteiger partial charge in [0.2, 0.25) is 0 Å². The van der Waals surface area contributed by atoms with Gasteiger partial charge in [0.15, 0.2) is 0 Å². The topological polar surface area (TPSA) is 40.5 Å².